The number of nitrogens with two attached hydrogens (primary N) is 1. The molecule has 0 aliphatic heterocycles. The molecule has 18 heavy (non-hydrogen) atoms. The number of nitrogens with zero attached hydrogens (tertiary/aromatic N) is 2. The first-order valence-electron chi connectivity index (χ1n) is 6.12. The largest absolute Gasteiger partial charge is 0.464 e. The molecule has 1 fully saturated rings. The van der Waals surface area contributed by atoms with Crippen LogP contribution in [-0.4, -0.2) is 35.8 Å². The Bertz CT molecular complexity index is 438. The number of imidazole rings is 1. The van der Waals surface area contributed by atoms with Crippen molar-refractivity contribution in [3.05, 3.63) is 11.5 Å². The molecular weight excluding hydrogens is 234 g/mol. The van der Waals surface area contributed by atoms with Gasteiger partial charge in [0.1, 0.15) is 11.6 Å². The number of aryl methyl sites for hydroxylation is 1. The van der Waals surface area contributed by atoms with Crippen LogP contribution >= 0.6 is 0 Å². The highest BCUT2D eigenvalue weighted by molar-refractivity contribution is 5.92. The molecule has 6 nitrogen and oxygen atoms in total. The molecule has 0 bridgehead atoms. The molecule has 0 unspecified atom stereocenters. The van der Waals surface area contributed by atoms with Crippen LogP contribution in [0.15, 0.2) is 0 Å². The highest BCUT2D eigenvalue weighted by atomic mass is 16.5. The lowest BCUT2D eigenvalue weighted by Gasteiger charge is -2.08. The van der Waals surface area contributed by atoms with E-state index in [4.69, 9.17) is 10.5 Å². The molecule has 1 aromatic heterocycles. The van der Waals surface area contributed by atoms with Gasteiger partial charge < -0.3 is 19.8 Å². The number of esters is 1. The van der Waals surface area contributed by atoms with Crippen LogP contribution in [0.2, 0.25) is 0 Å². The van der Waals surface area contributed by atoms with E-state index < -0.39 is 5.97 Å². The van der Waals surface area contributed by atoms with E-state index in [-0.39, 0.29) is 5.69 Å². The monoisotopic (exact) mass is 253 g/mol. The quantitative estimate of drug-likeness (QED) is 0.604. The molecule has 2 N–H and O–H groups in total. The van der Waals surface area contributed by atoms with Gasteiger partial charge in [-0.05, 0) is 25.7 Å². The maximum absolute atomic E-state index is 11.4. The van der Waals surface area contributed by atoms with Gasteiger partial charge in [-0.2, -0.15) is 0 Å². The first-order valence-corrected chi connectivity index (χ1v) is 6.12. The minimum atomic E-state index is -0.506. The number of hydrogen-bond donors (Lipinski definition) is 1. The lowest BCUT2D eigenvalue weighted by molar-refractivity contribution is 0.0595. The van der Waals surface area contributed by atoms with Crippen LogP contribution in [0, 0.1) is 12.8 Å². The summed E-state index contributed by atoms with van der Waals surface area (Å²) in [6.45, 7) is 3.81. The molecule has 0 aromatic carbocycles. The summed E-state index contributed by atoms with van der Waals surface area (Å²) in [6, 6.07) is 0. The summed E-state index contributed by atoms with van der Waals surface area (Å²) in [7, 11) is 1.31. The third-order valence-electron chi connectivity index (χ3n) is 3.09. The van der Waals surface area contributed by atoms with Gasteiger partial charge in [-0.15, -0.1) is 0 Å². The number of carbonyl (C=O) groups is 1. The first-order chi connectivity index (χ1) is 8.63. The topological polar surface area (TPSA) is 79.4 Å². The van der Waals surface area contributed by atoms with Crippen LogP contribution in [0.4, 0.5) is 5.82 Å². The van der Waals surface area contributed by atoms with E-state index in [1.54, 1.807) is 4.57 Å². The number of nitrogen functional groups attached to an aromatic ring is 1. The maximum atomic E-state index is 11.4. The highest BCUT2D eigenvalue weighted by Crippen LogP contribution is 2.28. The van der Waals surface area contributed by atoms with Crippen LogP contribution in [0.3, 0.4) is 0 Å². The average Bonchev–Trinajstić information content (AvgIpc) is 3.13. The number of anilines is 1. The zero-order chi connectivity index (χ0) is 13.1. The fourth-order valence-corrected chi connectivity index (χ4v) is 1.80. The van der Waals surface area contributed by atoms with E-state index in [9.17, 15) is 4.79 Å². The zero-order valence-electron chi connectivity index (χ0n) is 10.8. The van der Waals surface area contributed by atoms with Crippen molar-refractivity contribution in [1.29, 1.82) is 0 Å². The number of rotatable bonds is 6. The summed E-state index contributed by atoms with van der Waals surface area (Å²) in [6.07, 6.45) is 2.55. The Balaban J connectivity index is 1.93. The number of hydrogen-bond acceptors (Lipinski definition) is 5. The molecule has 1 aliphatic carbocycles. The van der Waals surface area contributed by atoms with E-state index in [1.807, 2.05) is 6.92 Å². The van der Waals surface area contributed by atoms with E-state index in [0.29, 0.717) is 24.8 Å². The van der Waals surface area contributed by atoms with E-state index in [2.05, 4.69) is 9.72 Å². The molecule has 100 valence electrons. The smallest absolute Gasteiger partial charge is 0.360 e. The standard InChI is InChI=1S/C12H19N3O3/c1-8-14-10(12(16)17-2)11(13)15(8)5-6-18-7-9-3-4-9/h9H,3-7,13H2,1-2H3. The van der Waals surface area contributed by atoms with Gasteiger partial charge in [0.2, 0.25) is 0 Å². The lowest BCUT2D eigenvalue weighted by atomic mass is 10.4. The van der Waals surface area contributed by atoms with Gasteiger partial charge in [-0.3, -0.25) is 0 Å². The Kier molecular flexibility index (Phi) is 3.86. The maximum Gasteiger partial charge on any atom is 0.360 e. The molecule has 0 amide bonds. The van der Waals surface area contributed by atoms with Crippen molar-refractivity contribution in [2.24, 2.45) is 5.92 Å². The first kappa shape index (κ1) is 12.9. The third-order valence-corrected chi connectivity index (χ3v) is 3.09. The third kappa shape index (κ3) is 2.81. The minimum absolute atomic E-state index is 0.178. The summed E-state index contributed by atoms with van der Waals surface area (Å²) in [5.41, 5.74) is 6.06. The number of aromatic nitrogens is 2. The zero-order valence-corrected chi connectivity index (χ0v) is 10.8. The molecule has 6 heteroatoms. The molecule has 0 saturated heterocycles. The van der Waals surface area contributed by atoms with Crippen LogP contribution in [0.1, 0.15) is 29.2 Å². The Hall–Kier alpha value is -1.56. The predicted octanol–water partition coefficient (Wildman–Crippen LogP) is 0.987. The summed E-state index contributed by atoms with van der Waals surface area (Å²) >= 11 is 0. The van der Waals surface area contributed by atoms with Crippen molar-refractivity contribution in [1.82, 2.24) is 9.55 Å². The second-order valence-corrected chi connectivity index (χ2v) is 4.55. The molecule has 0 radical (unpaired) electrons. The van der Waals surface area contributed by atoms with Gasteiger partial charge in [-0.1, -0.05) is 0 Å². The normalized spacial score (nSPS) is 14.8. The van der Waals surface area contributed by atoms with Gasteiger partial charge in [0, 0.05) is 13.2 Å². The number of methoxy groups -OCH3 is 1. The Labute approximate surface area is 106 Å². The van der Waals surface area contributed by atoms with E-state index in [0.717, 1.165) is 12.5 Å². The summed E-state index contributed by atoms with van der Waals surface area (Å²) in [5, 5.41) is 0. The molecule has 1 saturated carbocycles. The van der Waals surface area contributed by atoms with Crippen molar-refractivity contribution in [2.45, 2.75) is 26.3 Å². The van der Waals surface area contributed by atoms with Gasteiger partial charge in [0.15, 0.2) is 5.69 Å². The molecule has 0 atom stereocenters. The van der Waals surface area contributed by atoms with Crippen molar-refractivity contribution in [3.63, 3.8) is 0 Å². The van der Waals surface area contributed by atoms with Crippen molar-refractivity contribution >= 4 is 11.8 Å². The summed E-state index contributed by atoms with van der Waals surface area (Å²) in [4.78, 5) is 15.5. The van der Waals surface area contributed by atoms with Crippen molar-refractivity contribution in [2.75, 3.05) is 26.1 Å². The molecule has 0 spiro atoms. The highest BCUT2D eigenvalue weighted by Gasteiger charge is 2.22. The predicted molar refractivity (Wildman–Crippen MR) is 66.3 cm³/mol. The fraction of sp³-hybridized carbons (Fsp3) is 0.667. The van der Waals surface area contributed by atoms with Gasteiger partial charge in [-0.25, -0.2) is 9.78 Å². The second-order valence-electron chi connectivity index (χ2n) is 4.55. The lowest BCUT2D eigenvalue weighted by Crippen LogP contribution is -2.12. The Morgan fingerprint density at radius 3 is 2.89 bits per heavy atom. The molecule has 1 aliphatic rings. The van der Waals surface area contributed by atoms with Crippen LogP contribution in [0.25, 0.3) is 0 Å². The van der Waals surface area contributed by atoms with Crippen LogP contribution < -0.4 is 5.73 Å². The second kappa shape index (κ2) is 5.39. The van der Waals surface area contributed by atoms with Gasteiger partial charge in [0.25, 0.3) is 0 Å². The molecule has 1 heterocycles. The fourth-order valence-electron chi connectivity index (χ4n) is 1.80. The molecule has 1 aromatic rings. The Morgan fingerprint density at radius 2 is 2.28 bits per heavy atom. The molecular formula is C12H19N3O3. The Morgan fingerprint density at radius 1 is 1.56 bits per heavy atom. The van der Waals surface area contributed by atoms with Crippen LogP contribution in [0.5, 0.6) is 0 Å². The van der Waals surface area contributed by atoms with Gasteiger partial charge in [0.05, 0.1) is 13.7 Å². The minimum Gasteiger partial charge on any atom is -0.464 e. The van der Waals surface area contributed by atoms with E-state index in [1.165, 1.54) is 20.0 Å². The summed E-state index contributed by atoms with van der Waals surface area (Å²) in [5.74, 6) is 1.28. The van der Waals surface area contributed by atoms with Gasteiger partial charge >= 0.3 is 5.97 Å². The SMILES string of the molecule is COC(=O)c1nc(C)n(CCOCC2CC2)c1N. The van der Waals surface area contributed by atoms with Crippen LogP contribution in [-0.2, 0) is 16.0 Å². The van der Waals surface area contributed by atoms with Crippen molar-refractivity contribution < 1.29 is 14.3 Å². The average molecular weight is 253 g/mol. The van der Waals surface area contributed by atoms with Crippen molar-refractivity contribution in [3.8, 4) is 0 Å². The molecule has 2 rings (SSSR count). The number of ether oxygens (including phenoxy) is 2. The van der Waals surface area contributed by atoms with E-state index >= 15 is 0 Å². The number of carbonyl (C=O) groups excluding carboxylic acids is 1. The summed E-state index contributed by atoms with van der Waals surface area (Å²) < 4.78 is 11.9.